The monoisotopic (exact) mass is 746 g/mol. The summed E-state index contributed by atoms with van der Waals surface area (Å²) in [6.45, 7) is 11.2. The molecule has 3 heterocycles. The third-order valence-electron chi connectivity index (χ3n) is 8.34. The number of esters is 2. The zero-order valence-corrected chi connectivity index (χ0v) is 31.4. The summed E-state index contributed by atoms with van der Waals surface area (Å²) in [4.78, 5) is 55.7. The highest BCUT2D eigenvalue weighted by molar-refractivity contribution is 5.97. The van der Waals surface area contributed by atoms with Gasteiger partial charge < -0.3 is 34.2 Å². The van der Waals surface area contributed by atoms with Crippen molar-refractivity contribution >= 4 is 23.9 Å². The zero-order chi connectivity index (χ0) is 39.4. The van der Waals surface area contributed by atoms with E-state index in [4.69, 9.17) is 14.2 Å². The minimum absolute atomic E-state index is 0.0861. The van der Waals surface area contributed by atoms with Crippen molar-refractivity contribution < 1.29 is 43.6 Å². The van der Waals surface area contributed by atoms with E-state index < -0.39 is 47.9 Å². The fraction of sp³-hybridized carbons (Fsp3) is 0.459. The van der Waals surface area contributed by atoms with Crippen molar-refractivity contribution in [3.05, 3.63) is 66.0 Å². The molecule has 2 atom stereocenters. The number of piperazine rings is 1. The van der Waals surface area contributed by atoms with Crippen LogP contribution in [0.5, 0.6) is 5.75 Å². The van der Waals surface area contributed by atoms with Gasteiger partial charge in [-0.05, 0) is 77.4 Å². The molecule has 1 saturated heterocycles. The molecule has 17 heteroatoms. The Morgan fingerprint density at radius 2 is 1.26 bits per heavy atom. The summed E-state index contributed by atoms with van der Waals surface area (Å²) in [5.41, 5.74) is 1.11. The van der Waals surface area contributed by atoms with Crippen LogP contribution < -0.4 is 0 Å². The molecule has 54 heavy (non-hydrogen) atoms. The van der Waals surface area contributed by atoms with Crippen LogP contribution in [0.3, 0.4) is 0 Å². The molecular weight excluding hydrogens is 700 g/mol. The number of carbonyl (C=O) groups excluding carboxylic acids is 4. The van der Waals surface area contributed by atoms with Crippen LogP contribution in [-0.4, -0.2) is 125 Å². The third-order valence-corrected chi connectivity index (χ3v) is 8.34. The molecule has 0 radical (unpaired) electrons. The summed E-state index contributed by atoms with van der Waals surface area (Å²) in [6, 6.07) is 9.40. The molecule has 0 spiro atoms. The average molecular weight is 747 g/mol. The SMILES string of the molecule is COC(=O)[C@H](CO)n1cc(-c2cc(C(=O)N3CCN(C(=O)OC(C)(C)C)CC3)cc(-c3cn([C@@H](Cc4ccc(O)cc4)C(=O)OC(C)(C)C)nn3)c2)nn1. The van der Waals surface area contributed by atoms with E-state index in [9.17, 15) is 29.4 Å². The number of carbonyl (C=O) groups is 4. The molecule has 0 unspecified atom stereocenters. The van der Waals surface area contributed by atoms with E-state index in [0.717, 1.165) is 5.56 Å². The number of rotatable bonds is 10. The number of methoxy groups -OCH3 is 1. The Balaban J connectivity index is 1.50. The van der Waals surface area contributed by atoms with E-state index in [-0.39, 0.29) is 55.5 Å². The first-order valence-corrected chi connectivity index (χ1v) is 17.4. The number of amides is 2. The van der Waals surface area contributed by atoms with Crippen LogP contribution in [0.15, 0.2) is 54.9 Å². The van der Waals surface area contributed by atoms with Gasteiger partial charge in [-0.2, -0.15) is 0 Å². The van der Waals surface area contributed by atoms with Gasteiger partial charge in [-0.25, -0.2) is 23.7 Å². The molecular formula is C37H46N8O9. The number of benzene rings is 2. The highest BCUT2D eigenvalue weighted by Gasteiger charge is 2.31. The predicted molar refractivity (Wildman–Crippen MR) is 193 cm³/mol. The Labute approximate surface area is 312 Å². The van der Waals surface area contributed by atoms with Crippen molar-refractivity contribution in [1.29, 1.82) is 0 Å². The molecule has 17 nitrogen and oxygen atoms in total. The summed E-state index contributed by atoms with van der Waals surface area (Å²) in [6.07, 6.45) is 2.77. The van der Waals surface area contributed by atoms with E-state index >= 15 is 0 Å². The Morgan fingerprint density at radius 1 is 0.741 bits per heavy atom. The van der Waals surface area contributed by atoms with E-state index in [1.807, 2.05) is 0 Å². The van der Waals surface area contributed by atoms with Crippen molar-refractivity contribution in [3.8, 4) is 28.3 Å². The van der Waals surface area contributed by atoms with E-state index in [2.05, 4.69) is 20.6 Å². The number of hydrogen-bond acceptors (Lipinski definition) is 13. The number of aliphatic hydroxyl groups excluding tert-OH is 1. The van der Waals surface area contributed by atoms with Gasteiger partial charge in [0, 0.05) is 49.3 Å². The number of hydrogen-bond donors (Lipinski definition) is 2. The lowest BCUT2D eigenvalue weighted by Gasteiger charge is -2.35. The fourth-order valence-electron chi connectivity index (χ4n) is 5.68. The molecule has 2 amide bonds. The molecule has 0 bridgehead atoms. The van der Waals surface area contributed by atoms with Crippen LogP contribution in [-0.2, 0) is 30.2 Å². The second-order valence-electron chi connectivity index (χ2n) is 14.9. The number of aliphatic hydroxyl groups is 1. The predicted octanol–water partition coefficient (Wildman–Crippen LogP) is 3.43. The molecule has 0 saturated carbocycles. The maximum Gasteiger partial charge on any atom is 0.410 e. The van der Waals surface area contributed by atoms with Gasteiger partial charge in [-0.3, -0.25) is 4.79 Å². The van der Waals surface area contributed by atoms with Gasteiger partial charge in [0.2, 0.25) is 0 Å². The van der Waals surface area contributed by atoms with Crippen LogP contribution >= 0.6 is 0 Å². The van der Waals surface area contributed by atoms with Gasteiger partial charge in [0.05, 0.1) is 26.1 Å². The maximum atomic E-state index is 14.1. The topological polar surface area (TPSA) is 204 Å². The van der Waals surface area contributed by atoms with E-state index in [1.54, 1.807) is 87.9 Å². The first kappa shape index (κ1) is 39.4. The summed E-state index contributed by atoms with van der Waals surface area (Å²) >= 11 is 0. The third kappa shape index (κ3) is 9.77. The molecule has 2 aromatic heterocycles. The molecule has 2 N–H and O–H groups in total. The summed E-state index contributed by atoms with van der Waals surface area (Å²) in [5, 5.41) is 36.6. The lowest BCUT2D eigenvalue weighted by molar-refractivity contribution is -0.159. The average Bonchev–Trinajstić information content (AvgIpc) is 3.81. The summed E-state index contributed by atoms with van der Waals surface area (Å²) < 4.78 is 18.6. The van der Waals surface area contributed by atoms with Crippen LogP contribution in [0.2, 0.25) is 0 Å². The zero-order valence-electron chi connectivity index (χ0n) is 31.4. The lowest BCUT2D eigenvalue weighted by atomic mass is 10.0. The first-order valence-electron chi connectivity index (χ1n) is 17.4. The van der Waals surface area contributed by atoms with Crippen LogP contribution in [0.25, 0.3) is 22.5 Å². The number of phenolic OH excluding ortho intramolecular Hbond substituents is 1. The molecule has 0 aliphatic carbocycles. The van der Waals surface area contributed by atoms with E-state index in [0.29, 0.717) is 16.8 Å². The number of nitrogens with zero attached hydrogens (tertiary/aromatic N) is 8. The summed E-state index contributed by atoms with van der Waals surface area (Å²) in [7, 11) is 1.20. The normalized spacial score (nSPS) is 14.7. The van der Waals surface area contributed by atoms with Crippen molar-refractivity contribution in [2.24, 2.45) is 0 Å². The van der Waals surface area contributed by atoms with Crippen LogP contribution in [0.1, 0.15) is 69.5 Å². The number of aromatic nitrogens is 6. The Kier molecular flexibility index (Phi) is 11.7. The maximum absolute atomic E-state index is 14.1. The van der Waals surface area contributed by atoms with Crippen molar-refractivity contribution in [2.75, 3.05) is 39.9 Å². The van der Waals surface area contributed by atoms with Gasteiger partial charge in [0.25, 0.3) is 5.91 Å². The number of aromatic hydroxyl groups is 1. The highest BCUT2D eigenvalue weighted by atomic mass is 16.6. The Morgan fingerprint density at radius 3 is 1.76 bits per heavy atom. The van der Waals surface area contributed by atoms with Crippen molar-refractivity contribution in [1.82, 2.24) is 39.8 Å². The largest absolute Gasteiger partial charge is 0.508 e. The number of ether oxygens (including phenoxy) is 3. The molecule has 5 rings (SSSR count). The standard InChI is InChI=1S/C37H46N8O9/c1-36(2,3)53-34(50)30(16-23-8-10-27(47)11-9-23)44-20-28(38-40-44)24-17-25(29-21-45(41-39-29)31(22-46)33(49)52-7)19-26(18-24)32(48)42-12-14-43(15-13-42)35(51)54-37(4,5)6/h8-11,17-21,30-31,46-47H,12-16,22H2,1-7H3/t30-,31-/m0/s1. The minimum Gasteiger partial charge on any atom is -0.508 e. The molecule has 288 valence electrons. The molecule has 2 aromatic carbocycles. The van der Waals surface area contributed by atoms with Crippen molar-refractivity contribution in [2.45, 2.75) is 71.2 Å². The summed E-state index contributed by atoms with van der Waals surface area (Å²) in [5.74, 6) is -1.48. The smallest absolute Gasteiger partial charge is 0.410 e. The van der Waals surface area contributed by atoms with Gasteiger partial charge >= 0.3 is 18.0 Å². The highest BCUT2D eigenvalue weighted by Crippen LogP contribution is 2.29. The van der Waals surface area contributed by atoms with Gasteiger partial charge in [0.15, 0.2) is 12.1 Å². The Hall–Kier alpha value is -5.84. The molecule has 1 fully saturated rings. The second-order valence-corrected chi connectivity index (χ2v) is 14.9. The molecule has 1 aliphatic rings. The fourth-order valence-corrected chi connectivity index (χ4v) is 5.68. The van der Waals surface area contributed by atoms with Gasteiger partial charge in [0.1, 0.15) is 28.3 Å². The van der Waals surface area contributed by atoms with Crippen LogP contribution in [0.4, 0.5) is 4.79 Å². The minimum atomic E-state index is -1.14. The first-order chi connectivity index (χ1) is 25.4. The van der Waals surface area contributed by atoms with Gasteiger partial charge in [-0.1, -0.05) is 22.6 Å². The van der Waals surface area contributed by atoms with Crippen molar-refractivity contribution in [3.63, 3.8) is 0 Å². The Bertz CT molecular complexity index is 1970. The van der Waals surface area contributed by atoms with E-state index in [1.165, 1.54) is 34.8 Å². The van der Waals surface area contributed by atoms with Gasteiger partial charge in [-0.15, -0.1) is 10.2 Å². The lowest BCUT2D eigenvalue weighted by Crippen LogP contribution is -2.51. The second kappa shape index (κ2) is 16.0. The molecule has 4 aromatic rings. The number of phenols is 1. The van der Waals surface area contributed by atoms with Crippen LogP contribution in [0, 0.1) is 0 Å². The molecule has 1 aliphatic heterocycles. The quantitative estimate of drug-likeness (QED) is 0.177.